The van der Waals surface area contributed by atoms with Gasteiger partial charge in [0.2, 0.25) is 5.91 Å². The summed E-state index contributed by atoms with van der Waals surface area (Å²) in [4.78, 5) is 44.7. The number of nitrogens with zero attached hydrogens (tertiary/aromatic N) is 3. The number of fused-ring (bicyclic) bond motifs is 2. The topological polar surface area (TPSA) is 288 Å². The number of phosphoric acid groups is 1. The van der Waals surface area contributed by atoms with E-state index in [1.807, 2.05) is 0 Å². The number of rotatable bonds is 12. The van der Waals surface area contributed by atoms with Gasteiger partial charge in [0.15, 0.2) is 23.5 Å². The molecule has 1 amide bonds. The molecule has 47 heavy (non-hydrogen) atoms. The van der Waals surface area contributed by atoms with Gasteiger partial charge in [-0.05, 0) is 18.7 Å². The highest BCUT2D eigenvalue weighted by molar-refractivity contribution is 8.08. The highest BCUT2D eigenvalue weighted by Crippen LogP contribution is 2.65. The van der Waals surface area contributed by atoms with Gasteiger partial charge in [-0.3, -0.25) is 9.32 Å². The normalized spacial score (nSPS) is 38.6. The Bertz CT molecular complexity index is 1640. The molecule has 0 aromatic carbocycles. The number of aliphatic imine (C=N–C) groups is 1. The Hall–Kier alpha value is -1.91. The fourth-order valence-corrected chi connectivity index (χ4v) is 9.29. The van der Waals surface area contributed by atoms with Crippen LogP contribution in [0.5, 0.6) is 0 Å². The minimum atomic E-state index is -5.41. The van der Waals surface area contributed by atoms with E-state index in [9.17, 15) is 38.9 Å². The Morgan fingerprint density at radius 3 is 2.66 bits per heavy atom. The van der Waals surface area contributed by atoms with Crippen molar-refractivity contribution in [2.24, 2.45) is 22.7 Å². The van der Waals surface area contributed by atoms with Gasteiger partial charge >= 0.3 is 14.5 Å². The second kappa shape index (κ2) is 13.1. The molecule has 1 aliphatic carbocycles. The van der Waals surface area contributed by atoms with Gasteiger partial charge in [-0.1, -0.05) is 0 Å². The largest absolute Gasteiger partial charge is 0.481 e. The molecule has 1 saturated carbocycles. The number of phosphoric ester groups is 1. The van der Waals surface area contributed by atoms with E-state index in [0.717, 1.165) is 0 Å². The molecule has 8 N–H and O–H groups in total. The maximum absolute atomic E-state index is 14.2. The number of methoxy groups -OCH3 is 1. The number of aromatic nitrogens is 2. The molecule has 4 heterocycles. The second-order valence-corrected chi connectivity index (χ2v) is 15.7. The highest BCUT2D eigenvalue weighted by atomic mass is 32.5. The molecule has 3 aliphatic rings. The van der Waals surface area contributed by atoms with Crippen LogP contribution in [0.2, 0.25) is 0 Å². The van der Waals surface area contributed by atoms with Gasteiger partial charge in [0.05, 0.1) is 55.5 Å². The van der Waals surface area contributed by atoms with Crippen molar-refractivity contribution in [2.75, 3.05) is 26.1 Å². The van der Waals surface area contributed by atoms with E-state index in [2.05, 4.69) is 15.0 Å². The van der Waals surface area contributed by atoms with Gasteiger partial charge in [-0.2, -0.15) is 0 Å². The number of alkyl halides is 1. The SMILES string of the molecule is CO[C@]1(C)C(C=NC(C)=O)[C@@H](COP(O)(=S)OP(=O)(O)OC2OC3(O)C2C(O)C(O)C3[C@@H](F)CO)O[C@H]1c1coc2c(N)ncnc12. The summed E-state index contributed by atoms with van der Waals surface area (Å²) in [6, 6.07) is 0. The molecule has 0 bridgehead atoms. The summed E-state index contributed by atoms with van der Waals surface area (Å²) in [7, 11) is -4.03. The number of ether oxygens (including phenoxy) is 3. The van der Waals surface area contributed by atoms with E-state index in [1.54, 1.807) is 6.92 Å². The van der Waals surface area contributed by atoms with Gasteiger partial charge in [0, 0.05) is 25.8 Å². The van der Waals surface area contributed by atoms with Gasteiger partial charge < -0.3 is 59.1 Å². The third-order valence-electron chi connectivity index (χ3n) is 8.49. The lowest BCUT2D eigenvalue weighted by molar-refractivity contribution is -0.426. The Kier molecular flexibility index (Phi) is 10.1. The molecule has 2 aromatic rings. The van der Waals surface area contributed by atoms with Gasteiger partial charge in [0.1, 0.15) is 29.7 Å². The fraction of sp³-hybridized carbons (Fsp3) is 0.667. The number of carbonyl (C=O) groups is 1. The molecule has 19 nitrogen and oxygen atoms in total. The van der Waals surface area contributed by atoms with Crippen molar-refractivity contribution >= 4 is 55.4 Å². The zero-order valence-corrected chi connectivity index (χ0v) is 27.4. The van der Waals surface area contributed by atoms with Crippen molar-refractivity contribution in [1.82, 2.24) is 9.97 Å². The van der Waals surface area contributed by atoms with E-state index >= 15 is 0 Å². The predicted molar refractivity (Wildman–Crippen MR) is 157 cm³/mol. The minimum absolute atomic E-state index is 0.0638. The molecule has 262 valence electrons. The average Bonchev–Trinajstić information content (AvgIpc) is 3.57. The molecule has 9 unspecified atom stereocenters. The van der Waals surface area contributed by atoms with E-state index in [-0.39, 0.29) is 11.4 Å². The van der Waals surface area contributed by atoms with Crippen molar-refractivity contribution in [3.63, 3.8) is 0 Å². The molecule has 0 spiro atoms. The Morgan fingerprint density at radius 2 is 2.02 bits per heavy atom. The van der Waals surface area contributed by atoms with Crippen LogP contribution in [-0.4, -0.2) is 115 Å². The van der Waals surface area contributed by atoms with Crippen LogP contribution in [0.3, 0.4) is 0 Å². The van der Waals surface area contributed by atoms with Gasteiger partial charge in [-0.25, -0.2) is 28.2 Å². The second-order valence-electron chi connectivity index (χ2n) is 11.3. The van der Waals surface area contributed by atoms with Crippen LogP contribution in [0.1, 0.15) is 25.5 Å². The highest BCUT2D eigenvalue weighted by Gasteiger charge is 2.74. The summed E-state index contributed by atoms with van der Waals surface area (Å²) in [5.41, 5.74) is 5.48. The zero-order chi connectivity index (χ0) is 34.7. The Labute approximate surface area is 270 Å². The number of carbonyl (C=O) groups excluding carboxylic acids is 1. The molecule has 23 heteroatoms. The third-order valence-corrected chi connectivity index (χ3v) is 12.0. The first-order chi connectivity index (χ1) is 21.9. The van der Waals surface area contributed by atoms with E-state index in [0.29, 0.717) is 11.1 Å². The molecule has 5 rings (SSSR count). The van der Waals surface area contributed by atoms with Crippen molar-refractivity contribution < 1.29 is 75.9 Å². The molecule has 2 saturated heterocycles. The van der Waals surface area contributed by atoms with Crippen molar-refractivity contribution in [1.29, 1.82) is 0 Å². The molecule has 13 atom stereocenters. The van der Waals surface area contributed by atoms with Crippen LogP contribution in [0.25, 0.3) is 11.1 Å². The molecular formula is C24H33FN4O15P2S. The number of anilines is 1. The number of hydrogen-bond acceptors (Lipinski definition) is 17. The van der Waals surface area contributed by atoms with Crippen molar-refractivity contribution in [2.45, 2.75) is 62.1 Å². The van der Waals surface area contributed by atoms with Crippen LogP contribution < -0.4 is 5.73 Å². The van der Waals surface area contributed by atoms with Crippen LogP contribution in [0.15, 0.2) is 22.0 Å². The number of nitrogen functional groups attached to an aromatic ring is 1. The maximum atomic E-state index is 14.2. The molecule has 2 aromatic heterocycles. The standard InChI is InChI=1S/C24H33FN4O15P2S/c1-9(31)27-4-11-13(41-20(23(11,2)38-3)10-6-39-19-16(10)28-8-29-21(19)26)7-40-46(37,47)44-45(35,36)43-22-15-18(33)17(32)14(12(25)5-30)24(15,34)42-22/h4,6,8,11-15,17-18,20,22,30,32-34H,5,7H2,1-3H3,(H,35,36)(H,37,47)(H2,26,28,29)/t11?,12-,13+,14?,15?,17?,18?,20-,22?,23+,24?,46?/m0/s1. The lowest BCUT2D eigenvalue weighted by atomic mass is 9.82. The van der Waals surface area contributed by atoms with Crippen molar-refractivity contribution in [3.8, 4) is 0 Å². The van der Waals surface area contributed by atoms with E-state index in [1.165, 1.54) is 32.8 Å². The third kappa shape index (κ3) is 6.56. The van der Waals surface area contributed by atoms with Crippen LogP contribution in [0, 0.1) is 17.8 Å². The number of nitrogens with two attached hydrogens (primary N) is 1. The summed E-state index contributed by atoms with van der Waals surface area (Å²) in [6.07, 6.45) is -6.21. The molecule has 3 fully saturated rings. The Morgan fingerprint density at radius 1 is 1.32 bits per heavy atom. The number of furan rings is 1. The predicted octanol–water partition coefficient (Wildman–Crippen LogP) is -0.406. The van der Waals surface area contributed by atoms with Crippen LogP contribution in [-0.2, 0) is 48.7 Å². The van der Waals surface area contributed by atoms with Gasteiger partial charge in [-0.15, -0.1) is 0 Å². The van der Waals surface area contributed by atoms with E-state index < -0.39 is 99.7 Å². The number of aliphatic hydroxyl groups is 4. The molecule has 0 radical (unpaired) electrons. The lowest BCUT2D eigenvalue weighted by Gasteiger charge is -2.49. The van der Waals surface area contributed by atoms with E-state index in [4.69, 9.17) is 54.6 Å². The summed E-state index contributed by atoms with van der Waals surface area (Å²) in [5, 5.41) is 40.2. The Balaban J connectivity index is 1.31. The maximum Gasteiger partial charge on any atom is 0.481 e. The first kappa shape index (κ1) is 36.4. The number of hydrogen-bond donors (Lipinski definition) is 7. The molecular weight excluding hydrogens is 697 g/mol. The smallest absolute Gasteiger partial charge is 0.458 e. The summed E-state index contributed by atoms with van der Waals surface area (Å²) >= 11 is 4.91. The number of halogens is 1. The monoisotopic (exact) mass is 730 g/mol. The van der Waals surface area contributed by atoms with Crippen molar-refractivity contribution in [3.05, 3.63) is 18.2 Å². The van der Waals surface area contributed by atoms with Crippen LogP contribution in [0.4, 0.5) is 10.2 Å². The first-order valence-electron chi connectivity index (χ1n) is 13.8. The summed E-state index contributed by atoms with van der Waals surface area (Å²) in [6.45, 7) is -3.55. The summed E-state index contributed by atoms with van der Waals surface area (Å²) < 4.78 is 64.5. The summed E-state index contributed by atoms with van der Waals surface area (Å²) in [5.74, 6) is -7.38. The fourth-order valence-electron chi connectivity index (χ4n) is 6.19. The number of amides is 1. The van der Waals surface area contributed by atoms with Gasteiger partial charge in [0.25, 0.3) is 0 Å². The van der Waals surface area contributed by atoms with Crippen LogP contribution >= 0.6 is 14.5 Å². The average molecular weight is 731 g/mol. The number of aliphatic hydroxyl groups excluding tert-OH is 3. The first-order valence-corrected chi connectivity index (χ1v) is 17.9. The zero-order valence-electron chi connectivity index (χ0n) is 24.8. The quantitative estimate of drug-likeness (QED) is 0.108. The minimum Gasteiger partial charge on any atom is -0.458 e. The lowest BCUT2D eigenvalue weighted by Crippen LogP contribution is -2.64. The molecule has 2 aliphatic heterocycles.